The van der Waals surface area contributed by atoms with Crippen LogP contribution in [0.25, 0.3) is 0 Å². The van der Waals surface area contributed by atoms with E-state index >= 15 is 0 Å². The molecule has 0 heterocycles. The summed E-state index contributed by atoms with van der Waals surface area (Å²) in [6.45, 7) is 26.0. The number of hydrogen-bond acceptors (Lipinski definition) is 10. The van der Waals surface area contributed by atoms with Gasteiger partial charge in [0.05, 0.1) is 17.9 Å². The first-order valence-electron chi connectivity index (χ1n) is 29.1. The number of carboxylic acids is 1. The summed E-state index contributed by atoms with van der Waals surface area (Å²) in [5.74, 6) is -1.65. The number of carbonyl (C=O) groups is 6. The first kappa shape index (κ1) is 70.3. The zero-order valence-corrected chi connectivity index (χ0v) is 51.8. The number of amides is 4. The Hall–Kier alpha value is -7.96. The molecule has 6 atom stereocenters. The van der Waals surface area contributed by atoms with Crippen molar-refractivity contribution in [2.45, 2.75) is 189 Å². The molecule has 19 heteroatoms. The summed E-state index contributed by atoms with van der Waals surface area (Å²) >= 11 is 0. The quantitative estimate of drug-likeness (QED) is 0.0139. The van der Waals surface area contributed by atoms with E-state index in [1.807, 2.05) is 146 Å². The molecule has 0 saturated heterocycles. The van der Waals surface area contributed by atoms with Crippen LogP contribution in [-0.4, -0.2) is 101 Å². The van der Waals surface area contributed by atoms with Gasteiger partial charge in [0.1, 0.15) is 40.8 Å². The zero-order valence-electron chi connectivity index (χ0n) is 51.8. The van der Waals surface area contributed by atoms with E-state index in [0.717, 1.165) is 35.1 Å². The van der Waals surface area contributed by atoms with Gasteiger partial charge in [-0.3, -0.25) is 34.0 Å². The molecule has 19 nitrogen and oxygen atoms in total. The fraction of sp³-hybridized carbons (Fsp3) is 0.508. The van der Waals surface area contributed by atoms with Crippen LogP contribution in [0, 0.1) is 11.8 Å². The van der Waals surface area contributed by atoms with Crippen LogP contribution < -0.4 is 53.7 Å². The van der Waals surface area contributed by atoms with Crippen LogP contribution in [0.2, 0.25) is 0 Å². The lowest BCUT2D eigenvalue weighted by Crippen LogP contribution is -2.53. The van der Waals surface area contributed by atoms with E-state index in [0.29, 0.717) is 49.1 Å². The maximum absolute atomic E-state index is 13.5. The maximum Gasteiger partial charge on any atom is 0.326 e. The minimum Gasteiger partial charge on any atom is -0.488 e. The second-order valence-electron chi connectivity index (χ2n) is 24.3. The number of nitrogens with two attached hydrogens (primary N) is 4. The Balaban J connectivity index is 0.000000440. The fourth-order valence-corrected chi connectivity index (χ4v) is 8.89. The van der Waals surface area contributed by atoms with E-state index in [1.165, 1.54) is 18.1 Å². The van der Waals surface area contributed by atoms with Gasteiger partial charge in [0.2, 0.25) is 23.6 Å². The Morgan fingerprint density at radius 3 is 1.05 bits per heavy atom. The predicted octanol–water partition coefficient (Wildman–Crippen LogP) is 7.54. The topological polar surface area (TPSA) is 318 Å². The SMILES string of the molecule is CC(=O)C(CCCN=C(N)N)NC(=O)C(Cc1ccc(OC(C)(C)C)cc1)NC(=O)C(C)c1ccc(CC(C)C)cc1.CC(C)Cc1ccc(C(C)C(=O)NC(Cc2ccc(OC(C)(C)C)cc2)C(=O)NC(CCCN=C(N)N)C(=O)O)cc1. The highest BCUT2D eigenvalue weighted by atomic mass is 16.5. The number of ether oxygens (including phenoxy) is 2. The summed E-state index contributed by atoms with van der Waals surface area (Å²) in [6, 6.07) is 26.9. The fourth-order valence-electron chi connectivity index (χ4n) is 8.89. The summed E-state index contributed by atoms with van der Waals surface area (Å²) in [5, 5.41) is 20.9. The third-order valence-corrected chi connectivity index (χ3v) is 13.2. The molecule has 0 radical (unpaired) electrons. The van der Waals surface area contributed by atoms with E-state index < -0.39 is 53.8 Å². The van der Waals surface area contributed by atoms with Crippen LogP contribution in [0.1, 0.15) is 161 Å². The molecule has 84 heavy (non-hydrogen) atoms. The van der Waals surface area contributed by atoms with E-state index in [-0.39, 0.29) is 66.5 Å². The second-order valence-corrected chi connectivity index (χ2v) is 24.3. The number of guanidine groups is 2. The van der Waals surface area contributed by atoms with E-state index in [2.05, 4.69) is 58.9 Å². The first-order chi connectivity index (χ1) is 39.3. The summed E-state index contributed by atoms with van der Waals surface area (Å²) in [6.07, 6.45) is 3.67. The van der Waals surface area contributed by atoms with Crippen molar-refractivity contribution in [3.63, 3.8) is 0 Å². The van der Waals surface area contributed by atoms with Gasteiger partial charge >= 0.3 is 5.97 Å². The zero-order chi connectivity index (χ0) is 62.9. The molecule has 0 fully saturated rings. The van der Waals surface area contributed by atoms with Crippen molar-refractivity contribution in [3.05, 3.63) is 130 Å². The van der Waals surface area contributed by atoms with Crippen molar-refractivity contribution in [1.29, 1.82) is 0 Å². The number of ketones is 1. The van der Waals surface area contributed by atoms with Gasteiger partial charge in [-0.05, 0) is 170 Å². The molecule has 4 amide bonds. The molecule has 0 aliphatic carbocycles. The Morgan fingerprint density at radius 2 is 0.750 bits per heavy atom. The molecule has 0 aliphatic heterocycles. The number of carboxylic acid groups (broad SMARTS) is 1. The molecular formula is C65H96N10O9. The van der Waals surface area contributed by atoms with E-state index in [4.69, 9.17) is 32.4 Å². The predicted molar refractivity (Wildman–Crippen MR) is 334 cm³/mol. The van der Waals surface area contributed by atoms with Crippen LogP contribution in [0.4, 0.5) is 0 Å². The number of nitrogens with zero attached hydrogens (tertiary/aromatic N) is 2. The molecule has 0 aromatic heterocycles. The molecule has 0 saturated carbocycles. The van der Waals surface area contributed by atoms with Crippen LogP contribution in [-0.2, 0) is 54.5 Å². The van der Waals surface area contributed by atoms with E-state index in [1.54, 1.807) is 6.92 Å². The molecule has 6 unspecified atom stereocenters. The Bertz CT molecular complexity index is 2590. The normalized spacial score (nSPS) is 13.5. The molecule has 4 aromatic carbocycles. The largest absolute Gasteiger partial charge is 0.488 e. The van der Waals surface area contributed by atoms with Crippen molar-refractivity contribution < 1.29 is 43.3 Å². The molecule has 0 aliphatic rings. The average molecular weight is 1160 g/mol. The third-order valence-electron chi connectivity index (χ3n) is 13.2. The number of aliphatic imine (C=N–C) groups is 2. The summed E-state index contributed by atoms with van der Waals surface area (Å²) in [5.41, 5.74) is 26.4. The molecule has 460 valence electrons. The van der Waals surface area contributed by atoms with Gasteiger partial charge in [-0.1, -0.05) is 100 Å². The lowest BCUT2D eigenvalue weighted by Gasteiger charge is -2.24. The highest BCUT2D eigenvalue weighted by molar-refractivity contribution is 5.94. The van der Waals surface area contributed by atoms with Crippen LogP contribution in [0.15, 0.2) is 107 Å². The van der Waals surface area contributed by atoms with Gasteiger partial charge in [0, 0.05) is 25.9 Å². The van der Waals surface area contributed by atoms with Gasteiger partial charge in [0.15, 0.2) is 17.7 Å². The van der Waals surface area contributed by atoms with Gasteiger partial charge in [-0.2, -0.15) is 0 Å². The van der Waals surface area contributed by atoms with Crippen LogP contribution in [0.3, 0.4) is 0 Å². The lowest BCUT2D eigenvalue weighted by atomic mass is 9.95. The summed E-state index contributed by atoms with van der Waals surface area (Å²) in [4.78, 5) is 85.8. The number of carbonyl (C=O) groups excluding carboxylic acids is 5. The average Bonchev–Trinajstić information content (AvgIpc) is 3.57. The highest BCUT2D eigenvalue weighted by Crippen LogP contribution is 2.24. The smallest absolute Gasteiger partial charge is 0.326 e. The number of aliphatic carboxylic acids is 1. The lowest BCUT2D eigenvalue weighted by molar-refractivity contribution is -0.142. The van der Waals surface area contributed by atoms with E-state index in [9.17, 15) is 33.9 Å². The molecular weight excluding hydrogens is 1060 g/mol. The molecule has 4 rings (SSSR count). The van der Waals surface area contributed by atoms with Crippen LogP contribution >= 0.6 is 0 Å². The van der Waals surface area contributed by atoms with Gasteiger partial charge in [-0.15, -0.1) is 0 Å². The van der Waals surface area contributed by atoms with Gasteiger partial charge in [0.25, 0.3) is 0 Å². The molecule has 4 aromatic rings. The van der Waals surface area contributed by atoms with Gasteiger partial charge in [-0.25, -0.2) is 4.79 Å². The first-order valence-corrected chi connectivity index (χ1v) is 29.1. The molecule has 0 bridgehead atoms. The standard InChI is InChI=1S/C33H49N5O4.C32H47N5O5/c1-21(2)19-24-10-14-26(15-11-24)22(3)30(40)38-29(20-25-12-16-27(17-13-25)42-33(5,6)7)31(41)37-28(23(4)39)9-8-18-36-32(34)35;1-20(2)18-22-9-13-24(14-10-22)21(3)28(38)37-27(19-23-11-15-25(16-12-23)42-32(4,5)6)29(39)36-26(30(40)41)8-7-17-35-31(33)34/h10-17,21-22,28-29H,8-9,18-20H2,1-7H3,(H,37,41)(H,38,40)(H4,34,35,36);9-16,20-21,26-27H,7-8,17-19H2,1-6H3,(H,36,39)(H,37,38)(H,40,41)(H4,33,34,35). The molecule has 0 spiro atoms. The molecule has 13 N–H and O–H groups in total. The number of Topliss-reactive ketones (excluding diaryl/α,β-unsaturated/α-hetero) is 1. The Labute approximate surface area is 498 Å². The monoisotopic (exact) mass is 1160 g/mol. The van der Waals surface area contributed by atoms with Gasteiger partial charge < -0.3 is 58.8 Å². The van der Waals surface area contributed by atoms with Crippen molar-refractivity contribution in [3.8, 4) is 11.5 Å². The Morgan fingerprint density at radius 1 is 0.452 bits per heavy atom. The minimum absolute atomic E-state index is 0.0243. The third kappa shape index (κ3) is 27.4. The Kier molecular flexibility index (Phi) is 28.4. The van der Waals surface area contributed by atoms with Crippen molar-refractivity contribution in [2.75, 3.05) is 13.1 Å². The second kappa shape index (κ2) is 34.0. The number of nitrogens with one attached hydrogen (secondary N) is 4. The summed E-state index contributed by atoms with van der Waals surface area (Å²) < 4.78 is 11.8. The number of hydrogen-bond donors (Lipinski definition) is 9. The van der Waals surface area contributed by atoms with Crippen molar-refractivity contribution in [1.82, 2.24) is 21.3 Å². The number of rotatable bonds is 30. The minimum atomic E-state index is -1.18. The van der Waals surface area contributed by atoms with Crippen molar-refractivity contribution >= 4 is 47.3 Å². The maximum atomic E-state index is 13.5. The van der Waals surface area contributed by atoms with Crippen LogP contribution in [0.5, 0.6) is 11.5 Å². The summed E-state index contributed by atoms with van der Waals surface area (Å²) in [7, 11) is 0. The number of benzene rings is 4. The van der Waals surface area contributed by atoms with Crippen molar-refractivity contribution in [2.24, 2.45) is 44.8 Å². The highest BCUT2D eigenvalue weighted by Gasteiger charge is 2.30.